The molecule has 0 radical (unpaired) electrons. The summed E-state index contributed by atoms with van der Waals surface area (Å²) in [7, 11) is 0. The van der Waals surface area contributed by atoms with Crippen LogP contribution in [-0.4, -0.2) is 26.1 Å². The standard InChI is InChI=1S/C11H18N2O.C8H14N2.2C2H6/c1-8(2)11-9(3)13(7-12-11)10-5-4-6-14-10;1-5(2)8-6(3)9-7(4)10-8;2*1-2/h7-8,10H,4-6H2,1-3H3;5H,1-4H3,(H,9,10);2*1-2H3. The van der Waals surface area contributed by atoms with Crippen LogP contribution in [0, 0.1) is 20.8 Å². The molecule has 0 spiro atoms. The number of hydrogen-bond donors (Lipinski definition) is 1. The van der Waals surface area contributed by atoms with E-state index in [9.17, 15) is 0 Å². The maximum absolute atomic E-state index is 5.64. The van der Waals surface area contributed by atoms with Gasteiger partial charge in [0.2, 0.25) is 0 Å². The molecule has 3 heterocycles. The second kappa shape index (κ2) is 13.5. The van der Waals surface area contributed by atoms with Crippen LogP contribution in [0.5, 0.6) is 0 Å². The summed E-state index contributed by atoms with van der Waals surface area (Å²) in [5.41, 5.74) is 4.84. The zero-order chi connectivity index (χ0) is 21.9. The van der Waals surface area contributed by atoms with Crippen molar-refractivity contribution in [2.45, 2.75) is 107 Å². The average Bonchev–Trinajstić information content (AvgIpc) is 3.39. The minimum absolute atomic E-state index is 0.231. The Morgan fingerprint density at radius 2 is 1.57 bits per heavy atom. The molecule has 1 atom stereocenters. The normalized spacial score (nSPS) is 15.4. The minimum atomic E-state index is 0.231. The average molecular weight is 393 g/mol. The maximum Gasteiger partial charge on any atom is 0.135 e. The first-order valence-electron chi connectivity index (χ1n) is 11.0. The molecule has 2 aromatic rings. The van der Waals surface area contributed by atoms with Gasteiger partial charge in [-0.1, -0.05) is 55.4 Å². The lowest BCUT2D eigenvalue weighted by atomic mass is 10.1. The SMILES string of the molecule is CC.CC.Cc1c(C(C)C)ncn1C1CCCO1.Cc1nc(C(C)C)c(C)[nH]1. The molecule has 1 aliphatic heterocycles. The highest BCUT2D eigenvalue weighted by atomic mass is 16.5. The molecule has 162 valence electrons. The van der Waals surface area contributed by atoms with Gasteiger partial charge in [-0.2, -0.15) is 0 Å². The van der Waals surface area contributed by atoms with Crippen LogP contribution in [0.3, 0.4) is 0 Å². The molecule has 1 unspecified atom stereocenters. The van der Waals surface area contributed by atoms with Crippen LogP contribution < -0.4 is 0 Å². The van der Waals surface area contributed by atoms with Gasteiger partial charge >= 0.3 is 0 Å². The molecular formula is C23H44N4O. The van der Waals surface area contributed by atoms with Crippen LogP contribution in [0.1, 0.15) is 115 Å². The van der Waals surface area contributed by atoms with E-state index >= 15 is 0 Å². The number of aromatic nitrogens is 4. The van der Waals surface area contributed by atoms with Gasteiger partial charge in [-0.15, -0.1) is 0 Å². The van der Waals surface area contributed by atoms with Gasteiger partial charge in [0.15, 0.2) is 0 Å². The second-order valence-corrected chi connectivity index (χ2v) is 7.23. The molecule has 5 heteroatoms. The fourth-order valence-electron chi connectivity index (χ4n) is 3.26. The van der Waals surface area contributed by atoms with E-state index in [-0.39, 0.29) is 6.23 Å². The van der Waals surface area contributed by atoms with E-state index < -0.39 is 0 Å². The van der Waals surface area contributed by atoms with Gasteiger partial charge in [-0.05, 0) is 45.4 Å². The summed E-state index contributed by atoms with van der Waals surface area (Å²) in [5.74, 6) is 2.05. The number of nitrogens with one attached hydrogen (secondary N) is 1. The molecule has 0 aromatic carbocycles. The Labute approximate surface area is 173 Å². The Hall–Kier alpha value is -1.62. The highest BCUT2D eigenvalue weighted by Gasteiger charge is 2.20. The van der Waals surface area contributed by atoms with Crippen molar-refractivity contribution in [3.8, 4) is 0 Å². The van der Waals surface area contributed by atoms with Gasteiger partial charge in [-0.25, -0.2) is 9.97 Å². The number of aryl methyl sites for hydroxylation is 2. The van der Waals surface area contributed by atoms with E-state index in [4.69, 9.17) is 4.74 Å². The van der Waals surface area contributed by atoms with Gasteiger partial charge in [0.25, 0.3) is 0 Å². The number of rotatable bonds is 3. The van der Waals surface area contributed by atoms with Gasteiger partial charge in [0, 0.05) is 18.0 Å². The second-order valence-electron chi connectivity index (χ2n) is 7.23. The van der Waals surface area contributed by atoms with Crippen LogP contribution in [0.25, 0.3) is 0 Å². The fraction of sp³-hybridized carbons (Fsp3) is 0.739. The Balaban J connectivity index is 0.000000460. The Morgan fingerprint density at radius 1 is 1.00 bits per heavy atom. The van der Waals surface area contributed by atoms with Gasteiger partial charge in [0.1, 0.15) is 12.1 Å². The summed E-state index contributed by atoms with van der Waals surface area (Å²) in [6.07, 6.45) is 4.43. The number of ether oxygens (including phenoxy) is 1. The molecule has 0 saturated carbocycles. The van der Waals surface area contributed by atoms with Crippen molar-refractivity contribution >= 4 is 0 Å². The van der Waals surface area contributed by atoms with E-state index in [2.05, 4.69) is 61.1 Å². The minimum Gasteiger partial charge on any atom is -0.358 e. The summed E-state index contributed by atoms with van der Waals surface area (Å²) >= 11 is 0. The first kappa shape index (κ1) is 26.4. The Bertz CT molecular complexity index is 650. The summed E-state index contributed by atoms with van der Waals surface area (Å²) in [6, 6.07) is 0. The molecule has 28 heavy (non-hydrogen) atoms. The molecule has 1 saturated heterocycles. The zero-order valence-electron chi connectivity index (χ0n) is 20.2. The molecular weight excluding hydrogens is 348 g/mol. The van der Waals surface area contributed by atoms with E-state index in [1.165, 1.54) is 29.2 Å². The molecule has 0 amide bonds. The van der Waals surface area contributed by atoms with Crippen molar-refractivity contribution in [1.82, 2.24) is 19.5 Å². The van der Waals surface area contributed by atoms with Crippen LogP contribution >= 0.6 is 0 Å². The van der Waals surface area contributed by atoms with E-state index in [1.807, 2.05) is 40.9 Å². The first-order valence-corrected chi connectivity index (χ1v) is 11.0. The quantitative estimate of drug-likeness (QED) is 0.623. The molecule has 5 nitrogen and oxygen atoms in total. The molecule has 0 aliphatic carbocycles. The van der Waals surface area contributed by atoms with E-state index in [0.29, 0.717) is 11.8 Å². The Morgan fingerprint density at radius 3 is 1.89 bits per heavy atom. The van der Waals surface area contributed by atoms with Crippen molar-refractivity contribution < 1.29 is 4.74 Å². The lowest BCUT2D eigenvalue weighted by Gasteiger charge is -2.13. The highest BCUT2D eigenvalue weighted by Crippen LogP contribution is 2.27. The van der Waals surface area contributed by atoms with Crippen molar-refractivity contribution in [2.24, 2.45) is 0 Å². The number of hydrogen-bond acceptors (Lipinski definition) is 3. The van der Waals surface area contributed by atoms with Crippen LogP contribution in [0.2, 0.25) is 0 Å². The van der Waals surface area contributed by atoms with Gasteiger partial charge < -0.3 is 14.3 Å². The lowest BCUT2D eigenvalue weighted by Crippen LogP contribution is -2.08. The fourth-order valence-corrected chi connectivity index (χ4v) is 3.26. The van der Waals surface area contributed by atoms with E-state index in [1.54, 1.807) is 0 Å². The summed E-state index contributed by atoms with van der Waals surface area (Å²) in [6.45, 7) is 23.7. The Kier molecular flexibility index (Phi) is 12.8. The lowest BCUT2D eigenvalue weighted by molar-refractivity contribution is 0.0550. The van der Waals surface area contributed by atoms with Gasteiger partial charge in [-0.3, -0.25) is 0 Å². The van der Waals surface area contributed by atoms with Crippen molar-refractivity contribution in [2.75, 3.05) is 6.61 Å². The molecule has 3 rings (SSSR count). The molecule has 1 fully saturated rings. The van der Waals surface area contributed by atoms with Crippen LogP contribution in [0.15, 0.2) is 6.33 Å². The summed E-state index contributed by atoms with van der Waals surface area (Å²) in [5, 5.41) is 0. The summed E-state index contributed by atoms with van der Waals surface area (Å²) in [4.78, 5) is 12.0. The topological polar surface area (TPSA) is 55.7 Å². The molecule has 2 aromatic heterocycles. The van der Waals surface area contributed by atoms with Crippen molar-refractivity contribution in [1.29, 1.82) is 0 Å². The monoisotopic (exact) mass is 392 g/mol. The molecule has 1 aliphatic rings. The predicted octanol–water partition coefficient (Wildman–Crippen LogP) is 6.83. The summed E-state index contributed by atoms with van der Waals surface area (Å²) < 4.78 is 7.80. The smallest absolute Gasteiger partial charge is 0.135 e. The predicted molar refractivity (Wildman–Crippen MR) is 120 cm³/mol. The van der Waals surface area contributed by atoms with Gasteiger partial charge in [0.05, 0.1) is 17.7 Å². The van der Waals surface area contributed by atoms with Crippen molar-refractivity contribution in [3.63, 3.8) is 0 Å². The maximum atomic E-state index is 5.64. The third-order valence-electron chi connectivity index (χ3n) is 4.43. The largest absolute Gasteiger partial charge is 0.358 e. The number of aromatic amines is 1. The van der Waals surface area contributed by atoms with Crippen LogP contribution in [-0.2, 0) is 4.74 Å². The highest BCUT2D eigenvalue weighted by molar-refractivity contribution is 5.16. The first-order chi connectivity index (χ1) is 13.3. The number of H-pyrrole nitrogens is 1. The number of imidazole rings is 2. The molecule has 0 bridgehead atoms. The third kappa shape index (κ3) is 7.42. The van der Waals surface area contributed by atoms with Crippen molar-refractivity contribution in [3.05, 3.63) is 34.9 Å². The zero-order valence-corrected chi connectivity index (χ0v) is 20.2. The molecule has 1 N–H and O–H groups in total. The third-order valence-corrected chi connectivity index (χ3v) is 4.43. The number of nitrogens with zero attached hydrogens (tertiary/aromatic N) is 3. The van der Waals surface area contributed by atoms with Crippen LogP contribution in [0.4, 0.5) is 0 Å². The van der Waals surface area contributed by atoms with E-state index in [0.717, 1.165) is 18.9 Å².